The number of nitrogens with zero attached hydrogens (tertiary/aromatic N) is 4. The molecule has 7 heteroatoms. The zero-order valence-electron chi connectivity index (χ0n) is 13.9. The van der Waals surface area contributed by atoms with Gasteiger partial charge < -0.3 is 5.32 Å². The molecule has 0 bridgehead atoms. The van der Waals surface area contributed by atoms with Crippen LogP contribution in [-0.2, 0) is 0 Å². The first-order valence-electron chi connectivity index (χ1n) is 8.17. The third-order valence-corrected chi connectivity index (χ3v) is 5.24. The maximum atomic E-state index is 4.88. The van der Waals surface area contributed by atoms with Crippen LogP contribution in [0.2, 0.25) is 0 Å². The molecule has 0 fully saturated rings. The van der Waals surface area contributed by atoms with E-state index in [1.54, 1.807) is 11.3 Å². The molecule has 0 amide bonds. The van der Waals surface area contributed by atoms with Crippen molar-refractivity contribution in [3.8, 4) is 11.4 Å². The minimum atomic E-state index is 0.633. The van der Waals surface area contributed by atoms with Gasteiger partial charge in [0.1, 0.15) is 5.82 Å². The lowest BCUT2D eigenvalue weighted by atomic mass is 10.1. The van der Waals surface area contributed by atoms with Crippen molar-refractivity contribution < 1.29 is 0 Å². The van der Waals surface area contributed by atoms with Crippen LogP contribution in [0.3, 0.4) is 0 Å². The van der Waals surface area contributed by atoms with E-state index in [0.717, 1.165) is 33.4 Å². The van der Waals surface area contributed by atoms with E-state index < -0.39 is 0 Å². The Bertz CT molecular complexity index is 1230. The number of thiophene rings is 1. The molecule has 26 heavy (non-hydrogen) atoms. The zero-order chi connectivity index (χ0) is 17.5. The fourth-order valence-electron chi connectivity index (χ4n) is 3.08. The van der Waals surface area contributed by atoms with Gasteiger partial charge in [-0.25, -0.2) is 10.1 Å². The summed E-state index contributed by atoms with van der Waals surface area (Å²) in [5, 5.41) is 21.9. The van der Waals surface area contributed by atoms with E-state index in [1.165, 1.54) is 10.3 Å². The molecular weight excluding hydrogens is 344 g/mol. The Labute approximate surface area is 152 Å². The second-order valence-corrected chi connectivity index (χ2v) is 7.02. The van der Waals surface area contributed by atoms with Crippen molar-refractivity contribution in [1.82, 2.24) is 25.6 Å². The lowest BCUT2D eigenvalue weighted by Crippen LogP contribution is -1.95. The maximum absolute atomic E-state index is 4.88. The first kappa shape index (κ1) is 15.0. The van der Waals surface area contributed by atoms with Gasteiger partial charge in [0.25, 0.3) is 0 Å². The average Bonchev–Trinajstić information content (AvgIpc) is 3.33. The largest absolute Gasteiger partial charge is 0.340 e. The normalized spacial score (nSPS) is 11.3. The highest BCUT2D eigenvalue weighted by molar-refractivity contribution is 7.18. The Kier molecular flexibility index (Phi) is 3.39. The minimum absolute atomic E-state index is 0.633. The minimum Gasteiger partial charge on any atom is -0.340 e. The van der Waals surface area contributed by atoms with Gasteiger partial charge in [-0.2, -0.15) is 0 Å². The summed E-state index contributed by atoms with van der Waals surface area (Å²) in [4.78, 5) is 4.88. The molecule has 3 heterocycles. The van der Waals surface area contributed by atoms with E-state index in [-0.39, 0.29) is 0 Å². The summed E-state index contributed by atoms with van der Waals surface area (Å²) >= 11 is 1.72. The van der Waals surface area contributed by atoms with Gasteiger partial charge in [0, 0.05) is 26.7 Å². The summed E-state index contributed by atoms with van der Waals surface area (Å²) in [5.41, 5.74) is 4.05. The SMILES string of the molecule is Cc1cccc(Nc2nc3cc(-c4nnn[nH]4)ccc3c3sccc23)c1. The number of benzene rings is 2. The van der Waals surface area contributed by atoms with Gasteiger partial charge in [-0.15, -0.1) is 16.4 Å². The van der Waals surface area contributed by atoms with Crippen LogP contribution in [0.5, 0.6) is 0 Å². The van der Waals surface area contributed by atoms with Crippen LogP contribution in [-0.4, -0.2) is 25.6 Å². The lowest BCUT2D eigenvalue weighted by molar-refractivity contribution is 0.881. The molecule has 0 aliphatic rings. The van der Waals surface area contributed by atoms with Crippen molar-refractivity contribution >= 4 is 43.8 Å². The zero-order valence-corrected chi connectivity index (χ0v) is 14.7. The van der Waals surface area contributed by atoms with Crippen LogP contribution in [0.15, 0.2) is 53.9 Å². The van der Waals surface area contributed by atoms with Crippen molar-refractivity contribution in [2.75, 3.05) is 5.32 Å². The molecule has 3 aromatic heterocycles. The molecule has 0 unspecified atom stereocenters. The van der Waals surface area contributed by atoms with E-state index in [4.69, 9.17) is 4.98 Å². The van der Waals surface area contributed by atoms with Gasteiger partial charge in [-0.3, -0.25) is 0 Å². The lowest BCUT2D eigenvalue weighted by Gasteiger charge is -2.10. The molecule has 2 N–H and O–H groups in total. The number of nitrogens with one attached hydrogen (secondary N) is 2. The van der Waals surface area contributed by atoms with E-state index in [1.807, 2.05) is 24.3 Å². The number of H-pyrrole nitrogens is 1. The summed E-state index contributed by atoms with van der Waals surface area (Å²) in [5.74, 6) is 1.49. The number of aryl methyl sites for hydroxylation is 1. The smallest absolute Gasteiger partial charge is 0.179 e. The van der Waals surface area contributed by atoms with E-state index in [0.29, 0.717) is 5.82 Å². The topological polar surface area (TPSA) is 79.4 Å². The highest BCUT2D eigenvalue weighted by Gasteiger charge is 2.12. The van der Waals surface area contributed by atoms with Crippen LogP contribution in [0.1, 0.15) is 5.56 Å². The summed E-state index contributed by atoms with van der Waals surface area (Å²) < 4.78 is 1.22. The molecule has 5 rings (SSSR count). The predicted octanol–water partition coefficient (Wildman–Crippen LogP) is 4.68. The second kappa shape index (κ2) is 5.89. The first-order chi connectivity index (χ1) is 12.8. The maximum Gasteiger partial charge on any atom is 0.179 e. The first-order valence-corrected chi connectivity index (χ1v) is 9.05. The number of aromatic nitrogens is 5. The average molecular weight is 358 g/mol. The Morgan fingerprint density at radius 3 is 2.85 bits per heavy atom. The molecular formula is C19H14N6S. The predicted molar refractivity (Wildman–Crippen MR) is 105 cm³/mol. The number of tetrazole rings is 1. The summed E-state index contributed by atoms with van der Waals surface area (Å²) in [7, 11) is 0. The third-order valence-electron chi connectivity index (χ3n) is 4.29. The Balaban J connectivity index is 1.69. The summed E-state index contributed by atoms with van der Waals surface area (Å²) in [6, 6.07) is 16.5. The van der Waals surface area contributed by atoms with Gasteiger partial charge in [-0.1, -0.05) is 24.3 Å². The molecule has 0 radical (unpaired) electrons. The molecule has 0 saturated carbocycles. The molecule has 2 aromatic carbocycles. The quantitative estimate of drug-likeness (QED) is 0.489. The van der Waals surface area contributed by atoms with E-state index >= 15 is 0 Å². The monoisotopic (exact) mass is 358 g/mol. The summed E-state index contributed by atoms with van der Waals surface area (Å²) in [6.45, 7) is 2.08. The molecule has 0 aliphatic heterocycles. The number of pyridine rings is 1. The summed E-state index contributed by atoms with van der Waals surface area (Å²) in [6.07, 6.45) is 0. The van der Waals surface area contributed by atoms with Crippen molar-refractivity contribution in [2.24, 2.45) is 0 Å². The van der Waals surface area contributed by atoms with Crippen LogP contribution < -0.4 is 5.32 Å². The van der Waals surface area contributed by atoms with E-state index in [9.17, 15) is 0 Å². The molecule has 126 valence electrons. The van der Waals surface area contributed by atoms with Gasteiger partial charge in [0.15, 0.2) is 5.82 Å². The number of aromatic amines is 1. The molecule has 0 saturated heterocycles. The Morgan fingerprint density at radius 2 is 2.00 bits per heavy atom. The molecule has 5 aromatic rings. The second-order valence-electron chi connectivity index (χ2n) is 6.10. The third kappa shape index (κ3) is 2.49. The van der Waals surface area contributed by atoms with Crippen LogP contribution in [0, 0.1) is 6.92 Å². The van der Waals surface area contributed by atoms with Crippen LogP contribution in [0.4, 0.5) is 11.5 Å². The highest BCUT2D eigenvalue weighted by Crippen LogP contribution is 2.35. The molecule has 0 aliphatic carbocycles. The Morgan fingerprint density at radius 1 is 1.04 bits per heavy atom. The number of hydrogen-bond acceptors (Lipinski definition) is 6. The molecule has 6 nitrogen and oxygen atoms in total. The number of rotatable bonds is 3. The fraction of sp³-hybridized carbons (Fsp3) is 0.0526. The van der Waals surface area contributed by atoms with Crippen molar-refractivity contribution in [2.45, 2.75) is 6.92 Å². The molecule has 0 atom stereocenters. The van der Waals surface area contributed by atoms with Crippen molar-refractivity contribution in [3.63, 3.8) is 0 Å². The number of anilines is 2. The number of fused-ring (bicyclic) bond motifs is 3. The van der Waals surface area contributed by atoms with Gasteiger partial charge in [0.05, 0.1) is 5.52 Å². The molecule has 0 spiro atoms. The van der Waals surface area contributed by atoms with Crippen molar-refractivity contribution in [1.29, 1.82) is 0 Å². The van der Waals surface area contributed by atoms with Gasteiger partial charge >= 0.3 is 0 Å². The van der Waals surface area contributed by atoms with Crippen LogP contribution in [0.25, 0.3) is 32.4 Å². The van der Waals surface area contributed by atoms with Gasteiger partial charge in [-0.05, 0) is 52.6 Å². The standard InChI is InChI=1S/C19H14N6S/c1-11-3-2-4-13(9-11)20-19-15-7-8-26-17(15)14-6-5-12(10-16(14)21-19)18-22-24-25-23-18/h2-10H,1H3,(H,20,21)(H,22,23,24,25). The van der Waals surface area contributed by atoms with Gasteiger partial charge in [0.2, 0.25) is 0 Å². The van der Waals surface area contributed by atoms with E-state index in [2.05, 4.69) is 62.5 Å². The Hall–Kier alpha value is -3.32. The van der Waals surface area contributed by atoms with Crippen LogP contribution >= 0.6 is 11.3 Å². The van der Waals surface area contributed by atoms with Crippen molar-refractivity contribution in [3.05, 3.63) is 59.5 Å². The highest BCUT2D eigenvalue weighted by atomic mass is 32.1. The fourth-order valence-corrected chi connectivity index (χ4v) is 4.02. The number of hydrogen-bond donors (Lipinski definition) is 2.